The topological polar surface area (TPSA) is 24.9 Å². The van der Waals surface area contributed by atoms with E-state index in [2.05, 4.69) is 50.5 Å². The van der Waals surface area contributed by atoms with E-state index in [0.717, 1.165) is 27.8 Å². The molecule has 4 heteroatoms. The van der Waals surface area contributed by atoms with Crippen molar-refractivity contribution in [2.24, 2.45) is 0 Å². The van der Waals surface area contributed by atoms with Crippen LogP contribution in [-0.2, 0) is 6.54 Å². The van der Waals surface area contributed by atoms with E-state index in [1.54, 1.807) is 0 Å². The molecule has 1 aromatic carbocycles. The first-order valence-corrected chi connectivity index (χ1v) is 9.09. The van der Waals surface area contributed by atoms with Crippen molar-refractivity contribution in [2.45, 2.75) is 42.4 Å². The Morgan fingerprint density at radius 2 is 1.86 bits per heavy atom. The number of hydrogen-bond donors (Lipinski definition) is 1. The summed E-state index contributed by atoms with van der Waals surface area (Å²) in [6.45, 7) is 0.745. The highest BCUT2D eigenvalue weighted by atomic mass is 79.9. The van der Waals surface area contributed by atoms with Gasteiger partial charge >= 0.3 is 0 Å². The molecule has 3 rings (SSSR count). The van der Waals surface area contributed by atoms with Crippen molar-refractivity contribution in [2.75, 3.05) is 5.32 Å². The fourth-order valence-corrected chi connectivity index (χ4v) is 4.22. The van der Waals surface area contributed by atoms with Gasteiger partial charge in [-0.25, -0.2) is 4.98 Å². The van der Waals surface area contributed by atoms with Crippen molar-refractivity contribution in [3.05, 3.63) is 52.8 Å². The lowest BCUT2D eigenvalue weighted by Crippen LogP contribution is -2.01. The van der Waals surface area contributed by atoms with Crippen LogP contribution in [0.1, 0.15) is 31.4 Å². The monoisotopic (exact) mass is 362 g/mol. The van der Waals surface area contributed by atoms with Gasteiger partial charge in [0.25, 0.3) is 0 Å². The highest BCUT2D eigenvalue weighted by Gasteiger charge is 2.15. The van der Waals surface area contributed by atoms with Gasteiger partial charge in [0.05, 0.1) is 12.2 Å². The Bertz CT molecular complexity index is 580. The van der Waals surface area contributed by atoms with Crippen LogP contribution in [0, 0.1) is 0 Å². The van der Waals surface area contributed by atoms with Gasteiger partial charge in [-0.05, 0) is 65.2 Å². The van der Waals surface area contributed by atoms with Crippen molar-refractivity contribution in [1.29, 1.82) is 0 Å². The molecule has 1 aromatic heterocycles. The Labute approximate surface area is 138 Å². The Balaban J connectivity index is 1.54. The first-order valence-electron chi connectivity index (χ1n) is 7.42. The van der Waals surface area contributed by atoms with E-state index < -0.39 is 0 Å². The fourth-order valence-electron chi connectivity index (χ4n) is 2.59. The van der Waals surface area contributed by atoms with Gasteiger partial charge in [-0.1, -0.05) is 18.9 Å². The van der Waals surface area contributed by atoms with Gasteiger partial charge in [0.15, 0.2) is 0 Å². The van der Waals surface area contributed by atoms with E-state index >= 15 is 0 Å². The number of halogens is 1. The lowest BCUT2D eigenvalue weighted by atomic mass is 10.3. The average molecular weight is 363 g/mol. The summed E-state index contributed by atoms with van der Waals surface area (Å²) in [6.07, 6.45) is 5.55. The second-order valence-corrected chi connectivity index (χ2v) is 7.54. The van der Waals surface area contributed by atoms with Crippen LogP contribution in [0.3, 0.4) is 0 Å². The first kappa shape index (κ1) is 14.9. The summed E-state index contributed by atoms with van der Waals surface area (Å²) in [6, 6.07) is 14.7. The van der Waals surface area contributed by atoms with Crippen LogP contribution in [0.15, 0.2) is 52.0 Å². The smallest absolute Gasteiger partial charge is 0.106 e. The summed E-state index contributed by atoms with van der Waals surface area (Å²) in [5, 5.41) is 4.24. The van der Waals surface area contributed by atoms with Gasteiger partial charge in [0.2, 0.25) is 0 Å². The van der Waals surface area contributed by atoms with Crippen molar-refractivity contribution >= 4 is 33.4 Å². The predicted octanol–water partition coefficient (Wildman–Crippen LogP) is 5.49. The van der Waals surface area contributed by atoms with E-state index in [9.17, 15) is 0 Å². The van der Waals surface area contributed by atoms with Crippen LogP contribution < -0.4 is 5.32 Å². The minimum atomic E-state index is 0.745. The van der Waals surface area contributed by atoms with E-state index in [0.29, 0.717) is 0 Å². The Kier molecular flexibility index (Phi) is 5.20. The molecule has 1 aliphatic carbocycles. The third kappa shape index (κ3) is 4.48. The molecular weight excluding hydrogens is 344 g/mol. The normalized spacial score (nSPS) is 15.3. The van der Waals surface area contributed by atoms with Crippen molar-refractivity contribution in [1.82, 2.24) is 4.98 Å². The lowest BCUT2D eigenvalue weighted by Gasteiger charge is -2.10. The minimum Gasteiger partial charge on any atom is -0.379 e. The molecule has 21 heavy (non-hydrogen) atoms. The van der Waals surface area contributed by atoms with Crippen LogP contribution in [0.5, 0.6) is 0 Å². The zero-order valence-corrected chi connectivity index (χ0v) is 14.3. The summed E-state index contributed by atoms with van der Waals surface area (Å²) in [5.74, 6) is 0. The van der Waals surface area contributed by atoms with E-state index in [1.165, 1.54) is 30.6 Å². The third-order valence-electron chi connectivity index (χ3n) is 3.71. The SMILES string of the molecule is Brc1cccc(CNc2ccc(SC3CCCC3)cc2)n1. The number of pyridine rings is 1. The molecule has 0 amide bonds. The maximum atomic E-state index is 4.42. The molecule has 2 aromatic rings. The Hall–Kier alpha value is -1.00. The summed E-state index contributed by atoms with van der Waals surface area (Å²) in [7, 11) is 0. The molecule has 1 heterocycles. The maximum Gasteiger partial charge on any atom is 0.106 e. The van der Waals surface area contributed by atoms with Crippen molar-refractivity contribution < 1.29 is 0 Å². The first-order chi connectivity index (χ1) is 10.3. The number of aromatic nitrogens is 1. The molecular formula is C17H19BrN2S. The van der Waals surface area contributed by atoms with Gasteiger partial charge in [-0.15, -0.1) is 11.8 Å². The molecule has 110 valence electrons. The quantitative estimate of drug-likeness (QED) is 0.711. The molecule has 0 aliphatic heterocycles. The number of nitrogens with zero attached hydrogens (tertiary/aromatic N) is 1. The van der Waals surface area contributed by atoms with E-state index in [1.807, 2.05) is 30.0 Å². The Morgan fingerprint density at radius 1 is 1.10 bits per heavy atom. The molecule has 0 bridgehead atoms. The molecule has 0 unspecified atom stereocenters. The van der Waals surface area contributed by atoms with Gasteiger partial charge in [0.1, 0.15) is 4.60 Å². The van der Waals surface area contributed by atoms with Crippen molar-refractivity contribution in [3.63, 3.8) is 0 Å². The van der Waals surface area contributed by atoms with E-state index in [4.69, 9.17) is 0 Å². The van der Waals surface area contributed by atoms with Crippen LogP contribution >= 0.6 is 27.7 Å². The fraction of sp³-hybridized carbons (Fsp3) is 0.353. The van der Waals surface area contributed by atoms with Gasteiger partial charge in [-0.2, -0.15) is 0 Å². The van der Waals surface area contributed by atoms with Crippen molar-refractivity contribution in [3.8, 4) is 0 Å². The number of anilines is 1. The number of benzene rings is 1. The average Bonchev–Trinajstić information content (AvgIpc) is 3.00. The van der Waals surface area contributed by atoms with Crippen LogP contribution in [0.25, 0.3) is 0 Å². The molecule has 1 saturated carbocycles. The van der Waals surface area contributed by atoms with Gasteiger partial charge < -0.3 is 5.32 Å². The summed E-state index contributed by atoms with van der Waals surface area (Å²) < 4.78 is 0.880. The van der Waals surface area contributed by atoms with Crippen LogP contribution in [0.2, 0.25) is 0 Å². The number of rotatable bonds is 5. The molecule has 1 fully saturated rings. The zero-order chi connectivity index (χ0) is 14.5. The predicted molar refractivity (Wildman–Crippen MR) is 93.8 cm³/mol. The lowest BCUT2D eigenvalue weighted by molar-refractivity contribution is 0.886. The molecule has 1 N–H and O–H groups in total. The maximum absolute atomic E-state index is 4.42. The number of hydrogen-bond acceptors (Lipinski definition) is 3. The summed E-state index contributed by atoms with van der Waals surface area (Å²) in [5.41, 5.74) is 2.18. The molecule has 2 nitrogen and oxygen atoms in total. The summed E-state index contributed by atoms with van der Waals surface area (Å²) in [4.78, 5) is 5.81. The molecule has 0 spiro atoms. The largest absolute Gasteiger partial charge is 0.379 e. The highest BCUT2D eigenvalue weighted by Crippen LogP contribution is 2.34. The van der Waals surface area contributed by atoms with Crippen LogP contribution in [0.4, 0.5) is 5.69 Å². The summed E-state index contributed by atoms with van der Waals surface area (Å²) >= 11 is 5.43. The third-order valence-corrected chi connectivity index (χ3v) is 5.50. The standard InChI is InChI=1S/C17H19BrN2S/c18-17-7-3-4-14(20-17)12-19-13-8-10-16(11-9-13)21-15-5-1-2-6-15/h3-4,7-11,15,19H,1-2,5-6,12H2. The molecule has 0 atom stereocenters. The molecule has 0 radical (unpaired) electrons. The minimum absolute atomic E-state index is 0.745. The van der Waals surface area contributed by atoms with Gasteiger partial charge in [0, 0.05) is 15.8 Å². The Morgan fingerprint density at radius 3 is 2.57 bits per heavy atom. The van der Waals surface area contributed by atoms with E-state index in [-0.39, 0.29) is 0 Å². The molecule has 1 aliphatic rings. The highest BCUT2D eigenvalue weighted by molar-refractivity contribution is 9.10. The van der Waals surface area contributed by atoms with Crippen LogP contribution in [-0.4, -0.2) is 10.2 Å². The second-order valence-electron chi connectivity index (χ2n) is 5.35. The second kappa shape index (κ2) is 7.32. The number of nitrogens with one attached hydrogen (secondary N) is 1. The number of thioether (sulfide) groups is 1. The zero-order valence-electron chi connectivity index (χ0n) is 11.9. The van der Waals surface area contributed by atoms with Gasteiger partial charge in [-0.3, -0.25) is 0 Å². The molecule has 0 saturated heterocycles.